The van der Waals surface area contributed by atoms with Crippen LogP contribution in [0.5, 0.6) is 0 Å². The Balaban J connectivity index is 1.85. The fraction of sp³-hybridized carbons (Fsp3) is 0.667. The number of halogens is 5. The zero-order chi connectivity index (χ0) is 19.1. The van der Waals surface area contributed by atoms with Crippen molar-refractivity contribution in [2.75, 3.05) is 0 Å². The van der Waals surface area contributed by atoms with Gasteiger partial charge in [0, 0.05) is 30.5 Å². The van der Waals surface area contributed by atoms with Crippen molar-refractivity contribution < 1.29 is 22.0 Å². The fourth-order valence-electron chi connectivity index (χ4n) is 3.68. The lowest BCUT2D eigenvalue weighted by molar-refractivity contribution is -0.173. The van der Waals surface area contributed by atoms with E-state index in [1.54, 1.807) is 10.9 Å². The molecule has 1 aliphatic heterocycles. The van der Waals surface area contributed by atoms with Gasteiger partial charge in [-0.3, -0.25) is 0 Å². The van der Waals surface area contributed by atoms with Crippen LogP contribution in [0.3, 0.4) is 0 Å². The summed E-state index contributed by atoms with van der Waals surface area (Å²) in [7, 11) is 0. The van der Waals surface area contributed by atoms with Gasteiger partial charge in [0.25, 0.3) is 0 Å². The lowest BCUT2D eigenvalue weighted by Gasteiger charge is -2.29. The van der Waals surface area contributed by atoms with Crippen LogP contribution in [-0.4, -0.2) is 27.6 Å². The highest BCUT2D eigenvalue weighted by Gasteiger charge is 2.40. The number of alkyl halides is 5. The van der Waals surface area contributed by atoms with Gasteiger partial charge in [0.15, 0.2) is 5.82 Å². The standard InChI is InChI=1S/C18H22F5N3/c1-3-12(18(21,22)23)9-13-8-11(2)15-10-24-26(16(15)25-13)14-4-6-17(19,20)7-5-14/h10,12,14H,2-9H2,1H3. The van der Waals surface area contributed by atoms with E-state index in [1.807, 2.05) is 0 Å². The van der Waals surface area contributed by atoms with Crippen LogP contribution >= 0.6 is 0 Å². The number of aliphatic imine (C=N–C) groups is 1. The number of hydrogen-bond acceptors (Lipinski definition) is 2. The van der Waals surface area contributed by atoms with E-state index < -0.39 is 18.0 Å². The van der Waals surface area contributed by atoms with E-state index in [1.165, 1.54) is 6.92 Å². The molecule has 3 rings (SSSR count). The van der Waals surface area contributed by atoms with Crippen LogP contribution < -0.4 is 0 Å². The minimum Gasteiger partial charge on any atom is -0.244 e. The van der Waals surface area contributed by atoms with Crippen molar-refractivity contribution in [2.45, 2.75) is 70.0 Å². The number of rotatable bonds is 4. The highest BCUT2D eigenvalue weighted by molar-refractivity contribution is 6.00. The zero-order valence-electron chi connectivity index (χ0n) is 14.6. The molecule has 0 radical (unpaired) electrons. The smallest absolute Gasteiger partial charge is 0.244 e. The lowest BCUT2D eigenvalue weighted by atomic mass is 9.91. The van der Waals surface area contributed by atoms with Crippen molar-refractivity contribution in [3.8, 4) is 0 Å². The first-order valence-corrected chi connectivity index (χ1v) is 8.87. The van der Waals surface area contributed by atoms with Crippen LogP contribution in [0.25, 0.3) is 5.57 Å². The van der Waals surface area contributed by atoms with Crippen molar-refractivity contribution in [1.82, 2.24) is 9.78 Å². The van der Waals surface area contributed by atoms with E-state index in [0.717, 1.165) is 0 Å². The van der Waals surface area contributed by atoms with Crippen molar-refractivity contribution in [3.63, 3.8) is 0 Å². The van der Waals surface area contributed by atoms with Gasteiger partial charge in [-0.25, -0.2) is 18.5 Å². The van der Waals surface area contributed by atoms with Gasteiger partial charge in [0.1, 0.15) is 0 Å². The molecule has 0 aromatic carbocycles. The Kier molecular flexibility index (Phi) is 4.96. The van der Waals surface area contributed by atoms with Crippen LogP contribution in [0.4, 0.5) is 27.8 Å². The summed E-state index contributed by atoms with van der Waals surface area (Å²) >= 11 is 0. The van der Waals surface area contributed by atoms with E-state index >= 15 is 0 Å². The van der Waals surface area contributed by atoms with Crippen LogP contribution in [0.15, 0.2) is 17.8 Å². The molecule has 1 saturated carbocycles. The van der Waals surface area contributed by atoms with Gasteiger partial charge in [0.05, 0.1) is 18.2 Å². The number of fused-ring (bicyclic) bond motifs is 1. The Hall–Kier alpha value is -1.73. The second-order valence-electron chi connectivity index (χ2n) is 7.22. The SMILES string of the molecule is C=C1CC(CC(CC)C(F)(F)F)=Nc2c1cnn2C1CCC(F)(F)CC1. The molecule has 2 aliphatic rings. The average molecular weight is 375 g/mol. The van der Waals surface area contributed by atoms with E-state index in [-0.39, 0.29) is 51.0 Å². The Labute approximate surface area is 149 Å². The summed E-state index contributed by atoms with van der Waals surface area (Å²) in [6.45, 7) is 5.46. The minimum atomic E-state index is -4.27. The predicted octanol–water partition coefficient (Wildman–Crippen LogP) is 6.10. The Bertz CT molecular complexity index is 707. The van der Waals surface area contributed by atoms with Crippen LogP contribution in [0.1, 0.15) is 63.5 Å². The molecule has 0 bridgehead atoms. The molecule has 1 unspecified atom stereocenters. The van der Waals surface area contributed by atoms with Gasteiger partial charge in [-0.05, 0) is 31.3 Å². The Morgan fingerprint density at radius 3 is 2.54 bits per heavy atom. The molecule has 1 atom stereocenters. The quantitative estimate of drug-likeness (QED) is 0.585. The molecule has 8 heteroatoms. The van der Waals surface area contributed by atoms with Gasteiger partial charge in [-0.2, -0.15) is 18.3 Å². The lowest BCUT2D eigenvalue weighted by Crippen LogP contribution is -2.27. The van der Waals surface area contributed by atoms with E-state index in [4.69, 9.17) is 0 Å². The Morgan fingerprint density at radius 2 is 1.96 bits per heavy atom. The molecule has 1 fully saturated rings. The molecule has 2 heterocycles. The third-order valence-electron chi connectivity index (χ3n) is 5.30. The van der Waals surface area contributed by atoms with Crippen LogP contribution in [0, 0.1) is 5.92 Å². The molecule has 0 N–H and O–H groups in total. The van der Waals surface area contributed by atoms with Crippen LogP contribution in [0.2, 0.25) is 0 Å². The third kappa shape index (κ3) is 3.83. The van der Waals surface area contributed by atoms with Crippen molar-refractivity contribution in [3.05, 3.63) is 18.3 Å². The first-order valence-electron chi connectivity index (χ1n) is 8.87. The first-order chi connectivity index (χ1) is 12.1. The van der Waals surface area contributed by atoms with E-state index in [9.17, 15) is 22.0 Å². The molecule has 1 aromatic rings. The van der Waals surface area contributed by atoms with Gasteiger partial charge >= 0.3 is 6.18 Å². The van der Waals surface area contributed by atoms with E-state index in [0.29, 0.717) is 22.7 Å². The predicted molar refractivity (Wildman–Crippen MR) is 89.9 cm³/mol. The molecule has 1 aliphatic carbocycles. The maximum atomic E-state index is 13.4. The summed E-state index contributed by atoms with van der Waals surface area (Å²) in [5.41, 5.74) is 1.80. The summed E-state index contributed by atoms with van der Waals surface area (Å²) < 4.78 is 67.7. The molecular weight excluding hydrogens is 353 g/mol. The summed E-state index contributed by atoms with van der Waals surface area (Å²) in [6.07, 6.45) is -2.46. The second kappa shape index (κ2) is 6.78. The summed E-state index contributed by atoms with van der Waals surface area (Å²) in [4.78, 5) is 4.44. The van der Waals surface area contributed by atoms with Crippen molar-refractivity contribution in [1.29, 1.82) is 0 Å². The van der Waals surface area contributed by atoms with Gasteiger partial charge in [-0.1, -0.05) is 13.5 Å². The monoisotopic (exact) mass is 375 g/mol. The molecule has 0 spiro atoms. The highest BCUT2D eigenvalue weighted by atomic mass is 19.4. The topological polar surface area (TPSA) is 30.2 Å². The normalized spacial score (nSPS) is 22.1. The number of aromatic nitrogens is 2. The maximum absolute atomic E-state index is 13.4. The molecule has 1 aromatic heterocycles. The number of allylic oxidation sites excluding steroid dienone is 1. The highest BCUT2D eigenvalue weighted by Crippen LogP contribution is 2.43. The fourth-order valence-corrected chi connectivity index (χ4v) is 3.68. The molecule has 144 valence electrons. The number of hydrogen-bond donors (Lipinski definition) is 0. The van der Waals surface area contributed by atoms with Crippen molar-refractivity contribution in [2.24, 2.45) is 10.9 Å². The Morgan fingerprint density at radius 1 is 1.31 bits per heavy atom. The summed E-state index contributed by atoms with van der Waals surface area (Å²) in [6, 6.07) is -0.209. The van der Waals surface area contributed by atoms with Gasteiger partial charge in [-0.15, -0.1) is 0 Å². The molecule has 3 nitrogen and oxygen atoms in total. The second-order valence-corrected chi connectivity index (χ2v) is 7.22. The van der Waals surface area contributed by atoms with Crippen molar-refractivity contribution >= 4 is 17.1 Å². The average Bonchev–Trinajstić information content (AvgIpc) is 2.96. The summed E-state index contributed by atoms with van der Waals surface area (Å²) in [5.74, 6) is -3.63. The molecular formula is C18H22F5N3. The summed E-state index contributed by atoms with van der Waals surface area (Å²) in [5, 5.41) is 4.28. The number of nitrogens with zero attached hydrogens (tertiary/aromatic N) is 3. The van der Waals surface area contributed by atoms with Gasteiger partial charge in [0.2, 0.25) is 5.92 Å². The minimum absolute atomic E-state index is 0.0151. The zero-order valence-corrected chi connectivity index (χ0v) is 14.6. The third-order valence-corrected chi connectivity index (χ3v) is 5.30. The largest absolute Gasteiger partial charge is 0.392 e. The maximum Gasteiger partial charge on any atom is 0.392 e. The van der Waals surface area contributed by atoms with E-state index in [2.05, 4.69) is 16.7 Å². The van der Waals surface area contributed by atoms with Crippen LogP contribution in [-0.2, 0) is 0 Å². The molecule has 0 amide bonds. The molecule has 26 heavy (non-hydrogen) atoms. The first kappa shape index (κ1) is 19.0. The van der Waals surface area contributed by atoms with Gasteiger partial charge < -0.3 is 0 Å². The molecule has 0 saturated heterocycles.